The molecule has 4 nitrogen and oxygen atoms in total. The standard InChI is InChI=1S/C13H18N2O2/c1-17-13(11-16,12-5-3-2-4-6-12)15-9-7-14-8-10-15/h2-6,11,14H,7-10H2,1H3. The molecule has 1 aliphatic heterocycles. The van der Waals surface area contributed by atoms with E-state index < -0.39 is 5.72 Å². The van der Waals surface area contributed by atoms with Crippen LogP contribution in [0.25, 0.3) is 0 Å². The molecule has 1 saturated heterocycles. The fourth-order valence-electron chi connectivity index (χ4n) is 2.29. The molecule has 1 aromatic carbocycles. The second-order valence-electron chi connectivity index (χ2n) is 4.12. The Kier molecular flexibility index (Phi) is 3.89. The molecule has 0 aromatic heterocycles. The highest BCUT2D eigenvalue weighted by Gasteiger charge is 2.39. The Balaban J connectivity index is 2.34. The molecule has 1 fully saturated rings. The van der Waals surface area contributed by atoms with Gasteiger partial charge >= 0.3 is 0 Å². The molecule has 0 radical (unpaired) electrons. The molecule has 1 N–H and O–H groups in total. The molecule has 4 heteroatoms. The highest BCUT2D eigenvalue weighted by atomic mass is 16.5. The van der Waals surface area contributed by atoms with Crippen molar-refractivity contribution in [2.45, 2.75) is 5.72 Å². The number of methoxy groups -OCH3 is 1. The topological polar surface area (TPSA) is 41.6 Å². The quantitative estimate of drug-likeness (QED) is 0.774. The zero-order valence-electron chi connectivity index (χ0n) is 10.1. The predicted octanol–water partition coefficient (Wildman–Crippen LogP) is 0.590. The van der Waals surface area contributed by atoms with Crippen LogP contribution in [0.2, 0.25) is 0 Å². The largest absolute Gasteiger partial charge is 0.353 e. The molecule has 0 amide bonds. The van der Waals surface area contributed by atoms with Crippen LogP contribution in [0.3, 0.4) is 0 Å². The lowest BCUT2D eigenvalue weighted by molar-refractivity contribution is -0.162. The lowest BCUT2D eigenvalue weighted by Gasteiger charge is -2.41. The van der Waals surface area contributed by atoms with Gasteiger partial charge in [0.05, 0.1) is 0 Å². The van der Waals surface area contributed by atoms with Crippen molar-refractivity contribution < 1.29 is 9.53 Å². The number of nitrogens with one attached hydrogen (secondary N) is 1. The zero-order chi connectivity index (χ0) is 12.1. The van der Waals surface area contributed by atoms with Crippen LogP contribution in [-0.2, 0) is 15.3 Å². The number of aldehydes is 1. The Morgan fingerprint density at radius 3 is 2.47 bits per heavy atom. The Morgan fingerprint density at radius 2 is 1.94 bits per heavy atom. The van der Waals surface area contributed by atoms with E-state index in [0.29, 0.717) is 0 Å². The van der Waals surface area contributed by atoms with Gasteiger partial charge < -0.3 is 10.1 Å². The Bertz CT molecular complexity index is 363. The molecule has 0 bridgehead atoms. The number of carbonyl (C=O) groups excluding carboxylic acids is 1. The molecule has 2 rings (SSSR count). The van der Waals surface area contributed by atoms with Crippen molar-refractivity contribution >= 4 is 6.29 Å². The second-order valence-corrected chi connectivity index (χ2v) is 4.12. The Hall–Kier alpha value is -1.23. The van der Waals surface area contributed by atoms with Crippen LogP contribution in [-0.4, -0.2) is 44.5 Å². The van der Waals surface area contributed by atoms with Gasteiger partial charge in [-0.05, 0) is 0 Å². The number of benzene rings is 1. The molecular weight excluding hydrogens is 216 g/mol. The maximum Gasteiger partial charge on any atom is 0.204 e. The number of nitrogens with zero attached hydrogens (tertiary/aromatic N) is 1. The summed E-state index contributed by atoms with van der Waals surface area (Å²) in [5.74, 6) is 0. The van der Waals surface area contributed by atoms with Crippen molar-refractivity contribution in [3.05, 3.63) is 35.9 Å². The number of hydrogen-bond acceptors (Lipinski definition) is 4. The average molecular weight is 234 g/mol. The van der Waals surface area contributed by atoms with Crippen LogP contribution in [0.15, 0.2) is 30.3 Å². The molecule has 17 heavy (non-hydrogen) atoms. The van der Waals surface area contributed by atoms with Gasteiger partial charge in [-0.2, -0.15) is 0 Å². The first-order chi connectivity index (χ1) is 8.33. The first-order valence-electron chi connectivity index (χ1n) is 5.86. The Labute approximate surface area is 102 Å². The van der Waals surface area contributed by atoms with Crippen molar-refractivity contribution in [2.75, 3.05) is 33.3 Å². The molecule has 92 valence electrons. The number of hydrogen-bond donors (Lipinski definition) is 1. The monoisotopic (exact) mass is 234 g/mol. The number of ether oxygens (including phenoxy) is 1. The average Bonchev–Trinajstić information content (AvgIpc) is 2.43. The van der Waals surface area contributed by atoms with Gasteiger partial charge in [0.15, 0.2) is 6.29 Å². The number of piperazine rings is 1. The highest BCUT2D eigenvalue weighted by molar-refractivity contribution is 5.65. The summed E-state index contributed by atoms with van der Waals surface area (Å²) >= 11 is 0. The molecule has 0 spiro atoms. The number of carbonyl (C=O) groups is 1. The van der Waals surface area contributed by atoms with E-state index in [1.807, 2.05) is 30.3 Å². The van der Waals surface area contributed by atoms with Gasteiger partial charge in [-0.25, -0.2) is 0 Å². The van der Waals surface area contributed by atoms with Crippen LogP contribution in [0.1, 0.15) is 5.56 Å². The predicted molar refractivity (Wildman–Crippen MR) is 65.6 cm³/mol. The summed E-state index contributed by atoms with van der Waals surface area (Å²) < 4.78 is 5.54. The Morgan fingerprint density at radius 1 is 1.29 bits per heavy atom. The normalized spacial score (nSPS) is 20.8. The minimum Gasteiger partial charge on any atom is -0.353 e. The minimum atomic E-state index is -0.941. The SMILES string of the molecule is COC(C=O)(c1ccccc1)N1CCNCC1. The first kappa shape index (κ1) is 12.2. The van der Waals surface area contributed by atoms with Gasteiger partial charge in [-0.15, -0.1) is 0 Å². The molecular formula is C13H18N2O2. The van der Waals surface area contributed by atoms with Crippen LogP contribution in [0.5, 0.6) is 0 Å². The van der Waals surface area contributed by atoms with Crippen LogP contribution < -0.4 is 5.32 Å². The van der Waals surface area contributed by atoms with Gasteiger partial charge in [0, 0.05) is 38.9 Å². The smallest absolute Gasteiger partial charge is 0.204 e. The third kappa shape index (κ3) is 2.24. The van der Waals surface area contributed by atoms with E-state index in [9.17, 15) is 4.79 Å². The zero-order valence-corrected chi connectivity index (χ0v) is 10.1. The highest BCUT2D eigenvalue weighted by Crippen LogP contribution is 2.27. The minimum absolute atomic E-state index is 0.807. The molecule has 1 heterocycles. The first-order valence-corrected chi connectivity index (χ1v) is 5.86. The second kappa shape index (κ2) is 5.40. The van der Waals surface area contributed by atoms with E-state index >= 15 is 0 Å². The third-order valence-electron chi connectivity index (χ3n) is 3.25. The fraction of sp³-hybridized carbons (Fsp3) is 0.462. The lowest BCUT2D eigenvalue weighted by Crippen LogP contribution is -2.56. The third-order valence-corrected chi connectivity index (χ3v) is 3.25. The van der Waals surface area contributed by atoms with Gasteiger partial charge in [0.25, 0.3) is 0 Å². The van der Waals surface area contributed by atoms with Gasteiger partial charge in [-0.1, -0.05) is 30.3 Å². The summed E-state index contributed by atoms with van der Waals surface area (Å²) in [6.45, 7) is 3.38. The number of rotatable bonds is 4. The van der Waals surface area contributed by atoms with Crippen LogP contribution in [0, 0.1) is 0 Å². The summed E-state index contributed by atoms with van der Waals surface area (Å²) in [7, 11) is 1.59. The summed E-state index contributed by atoms with van der Waals surface area (Å²) in [5, 5.41) is 3.27. The van der Waals surface area contributed by atoms with Crippen molar-refractivity contribution in [1.29, 1.82) is 0 Å². The van der Waals surface area contributed by atoms with Crippen molar-refractivity contribution in [1.82, 2.24) is 10.2 Å². The summed E-state index contributed by atoms with van der Waals surface area (Å²) in [6, 6.07) is 9.65. The van der Waals surface area contributed by atoms with E-state index in [1.54, 1.807) is 7.11 Å². The maximum atomic E-state index is 11.6. The van der Waals surface area contributed by atoms with Gasteiger partial charge in [0.2, 0.25) is 5.72 Å². The van der Waals surface area contributed by atoms with E-state index in [2.05, 4.69) is 10.2 Å². The molecule has 1 unspecified atom stereocenters. The summed E-state index contributed by atoms with van der Waals surface area (Å²) in [6.07, 6.45) is 0.896. The van der Waals surface area contributed by atoms with Crippen molar-refractivity contribution in [2.24, 2.45) is 0 Å². The van der Waals surface area contributed by atoms with Crippen molar-refractivity contribution in [3.8, 4) is 0 Å². The fourth-order valence-corrected chi connectivity index (χ4v) is 2.29. The molecule has 1 atom stereocenters. The maximum absolute atomic E-state index is 11.6. The summed E-state index contributed by atoms with van der Waals surface area (Å²) in [5.41, 5.74) is -0.0528. The van der Waals surface area contributed by atoms with E-state index in [4.69, 9.17) is 4.74 Å². The molecule has 0 saturated carbocycles. The lowest BCUT2D eigenvalue weighted by atomic mass is 10.0. The molecule has 0 aliphatic carbocycles. The van der Waals surface area contributed by atoms with Crippen molar-refractivity contribution in [3.63, 3.8) is 0 Å². The molecule has 1 aliphatic rings. The molecule has 1 aromatic rings. The summed E-state index contributed by atoms with van der Waals surface area (Å²) in [4.78, 5) is 13.6. The van der Waals surface area contributed by atoms with E-state index in [1.165, 1.54) is 0 Å². The van der Waals surface area contributed by atoms with Gasteiger partial charge in [-0.3, -0.25) is 9.69 Å². The van der Waals surface area contributed by atoms with E-state index in [-0.39, 0.29) is 0 Å². The van der Waals surface area contributed by atoms with E-state index in [0.717, 1.165) is 38.0 Å². The van der Waals surface area contributed by atoms with Crippen LogP contribution >= 0.6 is 0 Å². The van der Waals surface area contributed by atoms with Crippen LogP contribution in [0.4, 0.5) is 0 Å². The van der Waals surface area contributed by atoms with Gasteiger partial charge in [0.1, 0.15) is 0 Å².